The molecule has 29 heavy (non-hydrogen) atoms. The van der Waals surface area contributed by atoms with Crippen LogP contribution in [0.4, 0.5) is 15.3 Å². The molecule has 2 aromatic carbocycles. The van der Waals surface area contributed by atoms with E-state index in [1.54, 1.807) is 24.3 Å². The summed E-state index contributed by atoms with van der Waals surface area (Å²) >= 11 is 0. The summed E-state index contributed by atoms with van der Waals surface area (Å²) in [5.41, 5.74) is 0.384. The fourth-order valence-electron chi connectivity index (χ4n) is 3.25. The average molecular weight is 397 g/mol. The van der Waals surface area contributed by atoms with Crippen molar-refractivity contribution in [1.82, 2.24) is 10.2 Å². The van der Waals surface area contributed by atoms with Crippen LogP contribution >= 0.6 is 0 Å². The molecule has 1 fully saturated rings. The first-order chi connectivity index (χ1) is 14.0. The van der Waals surface area contributed by atoms with Crippen molar-refractivity contribution >= 4 is 23.8 Å². The third-order valence-electron chi connectivity index (χ3n) is 4.92. The minimum Gasteiger partial charge on any atom is -0.465 e. The van der Waals surface area contributed by atoms with Gasteiger partial charge in [-0.05, 0) is 24.1 Å². The highest BCUT2D eigenvalue weighted by atomic mass is 16.5. The quantitative estimate of drug-likeness (QED) is 0.695. The maximum atomic E-state index is 13.0. The molecule has 1 saturated heterocycles. The van der Waals surface area contributed by atoms with Crippen LogP contribution < -0.4 is 10.6 Å². The second-order valence-corrected chi connectivity index (χ2v) is 6.97. The van der Waals surface area contributed by atoms with E-state index in [-0.39, 0.29) is 32.1 Å². The van der Waals surface area contributed by atoms with Crippen LogP contribution in [0.3, 0.4) is 0 Å². The molecule has 1 aliphatic heterocycles. The number of likely N-dealkylation sites (tertiary alicyclic amines) is 1. The fraction of sp³-hybridized carbons (Fsp3) is 0.286. The largest absolute Gasteiger partial charge is 0.465 e. The van der Waals surface area contributed by atoms with E-state index >= 15 is 0 Å². The van der Waals surface area contributed by atoms with Gasteiger partial charge in [0.1, 0.15) is 6.61 Å². The molecular weight excluding hydrogens is 374 g/mol. The monoisotopic (exact) mass is 397 g/mol. The first-order valence-electron chi connectivity index (χ1n) is 9.27. The van der Waals surface area contributed by atoms with Crippen LogP contribution in [0.2, 0.25) is 0 Å². The molecular formula is C21H23N3O5. The third kappa shape index (κ3) is 5.25. The van der Waals surface area contributed by atoms with Gasteiger partial charge in [-0.1, -0.05) is 48.5 Å². The van der Waals surface area contributed by atoms with E-state index in [9.17, 15) is 19.5 Å². The number of hydrogen-bond donors (Lipinski definition) is 3. The third-order valence-corrected chi connectivity index (χ3v) is 4.92. The van der Waals surface area contributed by atoms with Gasteiger partial charge >= 0.3 is 12.2 Å². The van der Waals surface area contributed by atoms with Gasteiger partial charge < -0.3 is 25.4 Å². The molecule has 152 valence electrons. The van der Waals surface area contributed by atoms with Gasteiger partial charge in [-0.2, -0.15) is 0 Å². The summed E-state index contributed by atoms with van der Waals surface area (Å²) in [5, 5.41) is 14.7. The molecule has 1 atom stereocenters. The van der Waals surface area contributed by atoms with Crippen molar-refractivity contribution in [2.75, 3.05) is 25.0 Å². The number of ether oxygens (including phenoxy) is 1. The molecule has 8 heteroatoms. The highest BCUT2D eigenvalue weighted by Crippen LogP contribution is 2.31. The molecule has 1 heterocycles. The Balaban J connectivity index is 1.63. The molecule has 0 aromatic heterocycles. The van der Waals surface area contributed by atoms with Gasteiger partial charge in [0, 0.05) is 25.3 Å². The summed E-state index contributed by atoms with van der Waals surface area (Å²) in [6.07, 6.45) is -1.45. The molecule has 0 radical (unpaired) electrons. The van der Waals surface area contributed by atoms with Crippen LogP contribution in [0.1, 0.15) is 12.0 Å². The van der Waals surface area contributed by atoms with Gasteiger partial charge in [-0.3, -0.25) is 4.79 Å². The molecule has 3 rings (SSSR count). The first kappa shape index (κ1) is 20.2. The second kappa shape index (κ2) is 9.09. The Kier molecular flexibility index (Phi) is 6.33. The lowest BCUT2D eigenvalue weighted by molar-refractivity contribution is -0.124. The lowest BCUT2D eigenvalue weighted by Gasteiger charge is -2.27. The number of benzene rings is 2. The molecule has 0 spiro atoms. The van der Waals surface area contributed by atoms with Crippen LogP contribution in [0.15, 0.2) is 60.7 Å². The number of carbonyl (C=O) groups excluding carboxylic acids is 2. The second-order valence-electron chi connectivity index (χ2n) is 6.97. The van der Waals surface area contributed by atoms with Crippen LogP contribution in [0.5, 0.6) is 0 Å². The standard InChI is InChI=1S/C21H23N3O5/c25-18(23-17-9-5-2-6-10-17)21(11-12-24(15-21)20(27)28)14-22-19(26)29-13-16-7-3-1-4-8-16/h1-10H,11-15H2,(H,22,26)(H,23,25)(H,27,28). The van der Waals surface area contributed by atoms with Gasteiger partial charge in [0.15, 0.2) is 0 Å². The van der Waals surface area contributed by atoms with Gasteiger partial charge in [0.2, 0.25) is 5.91 Å². The van der Waals surface area contributed by atoms with Crippen molar-refractivity contribution in [2.24, 2.45) is 5.41 Å². The number of carbonyl (C=O) groups is 3. The molecule has 0 bridgehead atoms. The summed E-state index contributed by atoms with van der Waals surface area (Å²) in [5.74, 6) is -0.337. The van der Waals surface area contributed by atoms with Gasteiger partial charge in [-0.15, -0.1) is 0 Å². The van der Waals surface area contributed by atoms with Crippen molar-refractivity contribution in [3.63, 3.8) is 0 Å². The summed E-state index contributed by atoms with van der Waals surface area (Å²) in [4.78, 5) is 37.6. The number of nitrogens with one attached hydrogen (secondary N) is 2. The molecule has 3 amide bonds. The van der Waals surface area contributed by atoms with Gasteiger partial charge in [-0.25, -0.2) is 9.59 Å². The zero-order valence-corrected chi connectivity index (χ0v) is 15.8. The van der Waals surface area contributed by atoms with Gasteiger partial charge in [0.25, 0.3) is 0 Å². The number of amides is 3. The topological polar surface area (TPSA) is 108 Å². The predicted octanol–water partition coefficient (Wildman–Crippen LogP) is 2.92. The van der Waals surface area contributed by atoms with Crippen LogP contribution in [-0.2, 0) is 16.1 Å². The minimum atomic E-state index is -1.09. The number of para-hydroxylation sites is 1. The van der Waals surface area contributed by atoms with Crippen molar-refractivity contribution in [2.45, 2.75) is 13.0 Å². The van der Waals surface area contributed by atoms with E-state index in [2.05, 4.69) is 10.6 Å². The normalized spacial score (nSPS) is 18.1. The Morgan fingerprint density at radius 1 is 1.03 bits per heavy atom. The molecule has 3 N–H and O–H groups in total. The fourth-order valence-corrected chi connectivity index (χ4v) is 3.25. The minimum absolute atomic E-state index is 0.0000342. The SMILES string of the molecule is O=C(NCC1(C(=O)Nc2ccccc2)CCN(C(=O)O)C1)OCc1ccccc1. The van der Waals surface area contributed by atoms with E-state index in [0.29, 0.717) is 12.1 Å². The highest BCUT2D eigenvalue weighted by molar-refractivity contribution is 5.96. The Morgan fingerprint density at radius 3 is 2.31 bits per heavy atom. The van der Waals surface area contributed by atoms with E-state index in [1.165, 1.54) is 4.90 Å². The number of hydrogen-bond acceptors (Lipinski definition) is 4. The summed E-state index contributed by atoms with van der Waals surface area (Å²) < 4.78 is 5.19. The van der Waals surface area contributed by atoms with Crippen molar-refractivity contribution in [3.8, 4) is 0 Å². The van der Waals surface area contributed by atoms with E-state index < -0.39 is 17.6 Å². The number of nitrogens with zero attached hydrogens (tertiary/aromatic N) is 1. The number of carboxylic acid groups (broad SMARTS) is 1. The van der Waals surface area contributed by atoms with Crippen molar-refractivity contribution < 1.29 is 24.2 Å². The maximum Gasteiger partial charge on any atom is 0.407 e. The zero-order chi connectivity index (χ0) is 20.7. The van der Waals surface area contributed by atoms with Crippen LogP contribution in [-0.4, -0.2) is 47.7 Å². The predicted molar refractivity (Wildman–Crippen MR) is 106 cm³/mol. The Morgan fingerprint density at radius 2 is 1.69 bits per heavy atom. The molecule has 0 saturated carbocycles. The Labute approximate surface area is 168 Å². The number of anilines is 1. The summed E-state index contributed by atoms with van der Waals surface area (Å²) in [7, 11) is 0. The molecule has 1 aliphatic rings. The Hall–Kier alpha value is -3.55. The lowest BCUT2D eigenvalue weighted by Crippen LogP contribution is -2.48. The van der Waals surface area contributed by atoms with E-state index in [0.717, 1.165) is 5.56 Å². The lowest BCUT2D eigenvalue weighted by atomic mass is 9.85. The van der Waals surface area contributed by atoms with E-state index in [4.69, 9.17) is 4.74 Å². The molecule has 1 unspecified atom stereocenters. The smallest absolute Gasteiger partial charge is 0.407 e. The van der Waals surface area contributed by atoms with E-state index in [1.807, 2.05) is 36.4 Å². The van der Waals surface area contributed by atoms with Gasteiger partial charge in [0.05, 0.1) is 5.41 Å². The van der Waals surface area contributed by atoms with Crippen LogP contribution in [0.25, 0.3) is 0 Å². The summed E-state index contributed by atoms with van der Waals surface area (Å²) in [6.45, 7) is 0.304. The van der Waals surface area contributed by atoms with Crippen molar-refractivity contribution in [3.05, 3.63) is 66.2 Å². The highest BCUT2D eigenvalue weighted by Gasteiger charge is 2.46. The molecule has 2 aromatic rings. The average Bonchev–Trinajstić information content (AvgIpc) is 3.19. The zero-order valence-electron chi connectivity index (χ0n) is 15.8. The molecule has 8 nitrogen and oxygen atoms in total. The van der Waals surface area contributed by atoms with Crippen molar-refractivity contribution in [1.29, 1.82) is 0 Å². The molecule has 0 aliphatic carbocycles. The summed E-state index contributed by atoms with van der Waals surface area (Å²) in [6, 6.07) is 18.1. The Bertz CT molecular complexity index is 859. The number of alkyl carbamates (subject to hydrolysis) is 1. The maximum absolute atomic E-state index is 13.0. The van der Waals surface area contributed by atoms with Crippen LogP contribution in [0, 0.1) is 5.41 Å². The first-order valence-corrected chi connectivity index (χ1v) is 9.27. The number of rotatable bonds is 6.